The lowest BCUT2D eigenvalue weighted by molar-refractivity contribution is -0.118. The van der Waals surface area contributed by atoms with Crippen molar-refractivity contribution in [3.63, 3.8) is 0 Å². The lowest BCUT2D eigenvalue weighted by Gasteiger charge is -2.16. The van der Waals surface area contributed by atoms with Gasteiger partial charge in [-0.15, -0.1) is 0 Å². The minimum atomic E-state index is -3.04. The average Bonchev–Trinajstić information content (AvgIpc) is 2.69. The fourth-order valence-corrected chi connectivity index (χ4v) is 2.93. The molecule has 1 aromatic heterocycles. The van der Waals surface area contributed by atoms with Crippen molar-refractivity contribution in [1.82, 2.24) is 10.3 Å². The molecule has 9 heteroatoms. The Morgan fingerprint density at radius 3 is 2.55 bits per heavy atom. The normalized spacial score (nSPS) is 11.4. The topological polar surface area (TPSA) is 80.3 Å². The number of hydrogen-bond donors (Lipinski definition) is 2. The second kappa shape index (κ2) is 10.6. The van der Waals surface area contributed by atoms with Gasteiger partial charge in [0, 0.05) is 22.7 Å². The number of carbonyl (C=O) groups is 2. The minimum Gasteiger partial charge on any atom is -0.491 e. The van der Waals surface area contributed by atoms with E-state index in [9.17, 15) is 18.4 Å². The highest BCUT2D eigenvalue weighted by atomic mass is 31.0. The van der Waals surface area contributed by atoms with Crippen LogP contribution in [0.15, 0.2) is 30.3 Å². The minimum absolute atomic E-state index is 0.117. The number of aromatic nitrogens is 1. The third-order valence-corrected chi connectivity index (χ3v) is 4.80. The highest BCUT2D eigenvalue weighted by molar-refractivity contribution is 7.17. The molecule has 2 amide bonds. The predicted octanol–water partition coefficient (Wildman–Crippen LogP) is 4.28. The molecule has 2 aromatic rings. The molecule has 0 bridgehead atoms. The average molecular weight is 451 g/mol. The molecule has 2 rings (SSSR count). The van der Waals surface area contributed by atoms with E-state index >= 15 is 0 Å². The molecule has 1 atom stereocenters. The number of benzene rings is 1. The molecule has 0 aliphatic carbocycles. The zero-order valence-corrected chi connectivity index (χ0v) is 19.2. The van der Waals surface area contributed by atoms with Gasteiger partial charge in [-0.2, -0.15) is 8.78 Å². The van der Waals surface area contributed by atoms with Crippen molar-refractivity contribution in [1.29, 1.82) is 0 Å². The van der Waals surface area contributed by atoms with Gasteiger partial charge in [-0.3, -0.25) is 9.59 Å². The highest BCUT2D eigenvalue weighted by Gasteiger charge is 2.25. The number of rotatable bonds is 9. The van der Waals surface area contributed by atoms with Crippen LogP contribution in [0.1, 0.15) is 48.0 Å². The summed E-state index contributed by atoms with van der Waals surface area (Å²) in [5.74, 6) is -0.0786. The Balaban J connectivity index is 1.98. The second-order valence-electron chi connectivity index (χ2n) is 7.43. The van der Waals surface area contributed by atoms with Gasteiger partial charge in [0.05, 0.1) is 6.54 Å². The number of hydrogen-bond acceptors (Lipinski definition) is 4. The van der Waals surface area contributed by atoms with E-state index in [2.05, 4.69) is 15.6 Å². The molecule has 1 unspecified atom stereocenters. The Labute approximate surface area is 183 Å². The summed E-state index contributed by atoms with van der Waals surface area (Å²) in [6.45, 7) is 7.46. The van der Waals surface area contributed by atoms with Crippen molar-refractivity contribution in [2.24, 2.45) is 5.92 Å². The van der Waals surface area contributed by atoms with Crippen LogP contribution in [0.3, 0.4) is 0 Å². The molecular weight excluding hydrogens is 423 g/mol. The Bertz CT molecular complexity index is 946. The molecule has 168 valence electrons. The van der Waals surface area contributed by atoms with Crippen LogP contribution < -0.4 is 15.4 Å². The maximum atomic E-state index is 13.6. The number of anilines is 1. The second-order valence-corrected chi connectivity index (χ2v) is 8.15. The Morgan fingerprint density at radius 1 is 1.23 bits per heavy atom. The van der Waals surface area contributed by atoms with E-state index < -0.39 is 5.66 Å². The van der Waals surface area contributed by atoms with Crippen molar-refractivity contribution in [3.8, 4) is 5.75 Å². The molecule has 1 aromatic carbocycles. The first-order valence-corrected chi connectivity index (χ1v) is 10.6. The lowest BCUT2D eigenvalue weighted by atomic mass is 10.1. The van der Waals surface area contributed by atoms with Crippen LogP contribution in [0.5, 0.6) is 5.75 Å². The molecule has 0 saturated heterocycles. The lowest BCUT2D eigenvalue weighted by Crippen LogP contribution is -2.28. The third kappa shape index (κ3) is 7.24. The van der Waals surface area contributed by atoms with Crippen molar-refractivity contribution in [2.45, 2.75) is 39.8 Å². The van der Waals surface area contributed by atoms with Crippen LogP contribution in [0.2, 0.25) is 0 Å². The fraction of sp³-hybridized carbons (Fsp3) is 0.409. The van der Waals surface area contributed by atoms with E-state index in [1.165, 1.54) is 27.4 Å². The molecule has 0 saturated carbocycles. The van der Waals surface area contributed by atoms with Crippen LogP contribution in [0.4, 0.5) is 14.6 Å². The van der Waals surface area contributed by atoms with Gasteiger partial charge in [-0.25, -0.2) is 4.98 Å². The standard InChI is InChI=1S/C22H28F2N3O3P/c1-5-15-6-7-17(22(23,24)31)12-18(15)30-9-8-25-21(29)16-10-14(4)26-19(11-16)27-20(28)13(2)3/h6-7,10-13H,5,8-9,31H2,1-4H3,(H,25,29)(H,26,27,28). The summed E-state index contributed by atoms with van der Waals surface area (Å²) in [5, 5.41) is 5.40. The van der Waals surface area contributed by atoms with Gasteiger partial charge in [0.1, 0.15) is 18.2 Å². The van der Waals surface area contributed by atoms with Crippen molar-refractivity contribution in [3.05, 3.63) is 52.7 Å². The third-order valence-electron chi connectivity index (χ3n) is 4.47. The molecule has 2 N–H and O–H groups in total. The van der Waals surface area contributed by atoms with Gasteiger partial charge >= 0.3 is 0 Å². The van der Waals surface area contributed by atoms with Crippen LogP contribution in [-0.4, -0.2) is 29.9 Å². The number of aryl methyl sites for hydroxylation is 2. The quantitative estimate of drug-likeness (QED) is 0.441. The maximum Gasteiger partial charge on any atom is 0.284 e. The largest absolute Gasteiger partial charge is 0.491 e. The first-order chi connectivity index (χ1) is 14.5. The molecule has 31 heavy (non-hydrogen) atoms. The first-order valence-electron chi connectivity index (χ1n) is 10.0. The van der Waals surface area contributed by atoms with Gasteiger partial charge in [-0.1, -0.05) is 42.1 Å². The Kier molecular flexibility index (Phi) is 8.45. The SMILES string of the molecule is CCc1ccc(C(F)(F)P)cc1OCCNC(=O)c1cc(C)nc(NC(=O)C(C)C)c1. The molecule has 0 aliphatic rings. The summed E-state index contributed by atoms with van der Waals surface area (Å²) in [7, 11) is 1.51. The fourth-order valence-electron chi connectivity index (χ4n) is 2.75. The van der Waals surface area contributed by atoms with E-state index in [4.69, 9.17) is 4.74 Å². The number of alkyl halides is 2. The highest BCUT2D eigenvalue weighted by Crippen LogP contribution is 2.37. The first kappa shape index (κ1) is 24.7. The number of pyridine rings is 1. The smallest absolute Gasteiger partial charge is 0.284 e. The monoisotopic (exact) mass is 451 g/mol. The van der Waals surface area contributed by atoms with Gasteiger partial charge in [0.2, 0.25) is 5.91 Å². The van der Waals surface area contributed by atoms with E-state index in [0.717, 1.165) is 5.56 Å². The number of amides is 2. The zero-order chi connectivity index (χ0) is 23.2. The van der Waals surface area contributed by atoms with Gasteiger partial charge in [-0.05, 0) is 37.1 Å². The van der Waals surface area contributed by atoms with Crippen LogP contribution in [0.25, 0.3) is 0 Å². The number of nitrogens with zero attached hydrogens (tertiary/aromatic N) is 1. The maximum absolute atomic E-state index is 13.6. The molecule has 0 aliphatic heterocycles. The van der Waals surface area contributed by atoms with E-state index in [1.807, 2.05) is 6.92 Å². The number of ether oxygens (including phenoxy) is 1. The van der Waals surface area contributed by atoms with E-state index in [1.54, 1.807) is 32.9 Å². The summed E-state index contributed by atoms with van der Waals surface area (Å²) in [6.07, 6.45) is 0.631. The molecular formula is C22H28F2N3O3P. The zero-order valence-electron chi connectivity index (χ0n) is 18.1. The molecule has 1 heterocycles. The van der Waals surface area contributed by atoms with E-state index in [0.29, 0.717) is 29.2 Å². The van der Waals surface area contributed by atoms with Crippen molar-refractivity contribution >= 4 is 26.9 Å². The number of nitrogens with one attached hydrogen (secondary N) is 2. The summed E-state index contributed by atoms with van der Waals surface area (Å²) < 4.78 is 32.8. The van der Waals surface area contributed by atoms with Crippen molar-refractivity contribution in [2.75, 3.05) is 18.5 Å². The number of halogens is 2. The Hall–Kier alpha value is -2.60. The van der Waals surface area contributed by atoms with Crippen LogP contribution in [-0.2, 0) is 16.9 Å². The summed E-state index contributed by atoms with van der Waals surface area (Å²) in [5.41, 5.74) is -1.45. The molecule has 6 nitrogen and oxygen atoms in total. The van der Waals surface area contributed by atoms with Crippen LogP contribution >= 0.6 is 9.24 Å². The van der Waals surface area contributed by atoms with Crippen LogP contribution in [0, 0.1) is 12.8 Å². The summed E-state index contributed by atoms with van der Waals surface area (Å²) in [4.78, 5) is 28.6. The van der Waals surface area contributed by atoms with Gasteiger partial charge in [0.15, 0.2) is 0 Å². The predicted molar refractivity (Wildman–Crippen MR) is 120 cm³/mol. The molecule has 0 radical (unpaired) electrons. The molecule has 0 spiro atoms. The van der Waals surface area contributed by atoms with Gasteiger partial charge < -0.3 is 15.4 Å². The van der Waals surface area contributed by atoms with Crippen molar-refractivity contribution < 1.29 is 23.1 Å². The number of carbonyl (C=O) groups excluding carboxylic acids is 2. The van der Waals surface area contributed by atoms with E-state index in [-0.39, 0.29) is 36.4 Å². The summed E-state index contributed by atoms with van der Waals surface area (Å²) in [6, 6.07) is 7.43. The van der Waals surface area contributed by atoms with Gasteiger partial charge in [0.25, 0.3) is 11.6 Å². The molecule has 0 fully saturated rings. The Morgan fingerprint density at radius 2 is 1.94 bits per heavy atom. The summed E-state index contributed by atoms with van der Waals surface area (Å²) >= 11 is 0.